The van der Waals surface area contributed by atoms with E-state index in [9.17, 15) is 0 Å². The van der Waals surface area contributed by atoms with E-state index in [4.69, 9.17) is 20.0 Å². The third kappa shape index (κ3) is 6.09. The van der Waals surface area contributed by atoms with Gasteiger partial charge < -0.3 is 0 Å². The van der Waals surface area contributed by atoms with E-state index in [1.165, 1.54) is 11.1 Å². The Morgan fingerprint density at radius 1 is 0.446 bits per heavy atom. The molecule has 0 N–H and O–H groups in total. The van der Waals surface area contributed by atoms with Crippen molar-refractivity contribution in [3.63, 3.8) is 0 Å². The van der Waals surface area contributed by atoms with Gasteiger partial charge in [0, 0.05) is 16.7 Å². The standard InChI is InChI=1S/C50H42N6/c1-31-27-33(3)47(34(4)28-31)55-44(56(48-35(5)29-32(2)30-36(48)6)50-49(55)53-42-23-15-16-24-43(42)54-50)26-25-41-45(51-37-17-9-7-10-18-37)39-21-13-14-22-40(39)46(41)52-38-19-11-8-12-20-38/h7-30H,1-6H3. The molecule has 1 aliphatic heterocycles. The van der Waals surface area contributed by atoms with E-state index in [0.29, 0.717) is 0 Å². The van der Waals surface area contributed by atoms with Gasteiger partial charge in [-0.2, -0.15) is 0 Å². The number of rotatable bonds is 5. The predicted molar refractivity (Wildman–Crippen MR) is 233 cm³/mol. The molecule has 1 aliphatic carbocycles. The van der Waals surface area contributed by atoms with Gasteiger partial charge in [-0.25, -0.2) is 20.0 Å². The molecule has 0 amide bonds. The molecular weight excluding hydrogens is 685 g/mol. The van der Waals surface area contributed by atoms with Gasteiger partial charge in [0.05, 0.1) is 45.2 Å². The quantitative estimate of drug-likeness (QED) is 0.177. The molecule has 9 rings (SSSR count). The van der Waals surface area contributed by atoms with E-state index in [1.54, 1.807) is 0 Å². The molecule has 0 atom stereocenters. The van der Waals surface area contributed by atoms with E-state index in [-0.39, 0.29) is 0 Å². The van der Waals surface area contributed by atoms with Crippen molar-refractivity contribution in [1.29, 1.82) is 0 Å². The van der Waals surface area contributed by atoms with Crippen LogP contribution in [0, 0.1) is 41.5 Å². The maximum atomic E-state index is 5.39. The first-order valence-electron chi connectivity index (χ1n) is 19.1. The van der Waals surface area contributed by atoms with Crippen LogP contribution in [0.2, 0.25) is 0 Å². The second kappa shape index (κ2) is 14.1. The van der Waals surface area contributed by atoms with Crippen LogP contribution in [0.4, 0.5) is 34.4 Å². The smallest absolute Gasteiger partial charge is 0.183 e. The fourth-order valence-electron chi connectivity index (χ4n) is 8.36. The van der Waals surface area contributed by atoms with Gasteiger partial charge in [0.2, 0.25) is 0 Å². The Morgan fingerprint density at radius 3 is 1.23 bits per heavy atom. The van der Waals surface area contributed by atoms with Crippen molar-refractivity contribution in [1.82, 2.24) is 9.97 Å². The second-order valence-electron chi connectivity index (χ2n) is 14.8. The SMILES string of the molecule is Cc1cc(C)c(N2C(=CC=C3C(=Nc4ccccc4)c4ccccc4C3=Nc3ccccc3)N(c3c(C)cc(C)cc3C)c3nc4ccccc4nc32)c(C)c1. The Kier molecular flexibility index (Phi) is 8.74. The fourth-order valence-corrected chi connectivity index (χ4v) is 8.36. The van der Waals surface area contributed by atoms with Crippen molar-refractivity contribution < 1.29 is 0 Å². The van der Waals surface area contributed by atoms with Crippen molar-refractivity contribution in [2.75, 3.05) is 9.80 Å². The highest BCUT2D eigenvalue weighted by atomic mass is 15.5. The van der Waals surface area contributed by atoms with Crippen molar-refractivity contribution in [3.05, 3.63) is 202 Å². The zero-order valence-electron chi connectivity index (χ0n) is 32.5. The average Bonchev–Trinajstić information content (AvgIpc) is 3.63. The van der Waals surface area contributed by atoms with Crippen LogP contribution in [0.5, 0.6) is 0 Å². The van der Waals surface area contributed by atoms with Crippen LogP contribution in [-0.4, -0.2) is 21.4 Å². The third-order valence-corrected chi connectivity index (χ3v) is 10.5. The fraction of sp³-hybridized carbons (Fsp3) is 0.120. The van der Waals surface area contributed by atoms with Crippen molar-refractivity contribution in [2.45, 2.75) is 41.5 Å². The summed E-state index contributed by atoms with van der Waals surface area (Å²) in [6.07, 6.45) is 4.41. The largest absolute Gasteiger partial charge is 0.276 e. The Morgan fingerprint density at radius 2 is 0.821 bits per heavy atom. The highest BCUT2D eigenvalue weighted by Crippen LogP contribution is 2.51. The minimum Gasteiger partial charge on any atom is -0.276 e. The van der Waals surface area contributed by atoms with Gasteiger partial charge in [-0.15, -0.1) is 0 Å². The van der Waals surface area contributed by atoms with E-state index in [0.717, 1.165) is 102 Å². The number of nitrogens with zero attached hydrogens (tertiary/aromatic N) is 6. The molecule has 7 aromatic rings. The number of aromatic nitrogens is 2. The molecule has 1 aromatic heterocycles. The van der Waals surface area contributed by atoms with Gasteiger partial charge in [0.15, 0.2) is 11.6 Å². The zero-order chi connectivity index (χ0) is 38.5. The number of hydrogen-bond acceptors (Lipinski definition) is 6. The Hall–Kier alpha value is -6.92. The molecule has 272 valence electrons. The molecule has 0 radical (unpaired) electrons. The minimum atomic E-state index is 0.786. The van der Waals surface area contributed by atoms with Crippen molar-refractivity contribution in [2.24, 2.45) is 9.98 Å². The first-order valence-corrected chi connectivity index (χ1v) is 19.1. The monoisotopic (exact) mass is 726 g/mol. The van der Waals surface area contributed by atoms with E-state index < -0.39 is 0 Å². The molecule has 6 nitrogen and oxygen atoms in total. The van der Waals surface area contributed by atoms with Crippen LogP contribution in [-0.2, 0) is 0 Å². The highest BCUT2D eigenvalue weighted by Gasteiger charge is 2.39. The molecule has 0 unspecified atom stereocenters. The molecule has 2 aliphatic rings. The molecule has 6 aromatic carbocycles. The number of benzene rings is 6. The van der Waals surface area contributed by atoms with Crippen LogP contribution in [0.3, 0.4) is 0 Å². The Labute approximate surface area is 328 Å². The van der Waals surface area contributed by atoms with E-state index >= 15 is 0 Å². The molecule has 56 heavy (non-hydrogen) atoms. The summed E-state index contributed by atoms with van der Waals surface area (Å²) in [5, 5.41) is 0. The molecular formula is C50H42N6. The van der Waals surface area contributed by atoms with E-state index in [1.807, 2.05) is 84.9 Å². The lowest BCUT2D eigenvalue weighted by atomic mass is 10.0. The summed E-state index contributed by atoms with van der Waals surface area (Å²) in [5.41, 5.74) is 17.5. The number of aryl methyl sites for hydroxylation is 6. The maximum Gasteiger partial charge on any atom is 0.183 e. The molecule has 6 heteroatoms. The van der Waals surface area contributed by atoms with Gasteiger partial charge in [-0.05, 0) is 112 Å². The van der Waals surface area contributed by atoms with Crippen LogP contribution in [0.25, 0.3) is 11.0 Å². The lowest BCUT2D eigenvalue weighted by molar-refractivity contribution is 1.07. The molecule has 0 bridgehead atoms. The van der Waals surface area contributed by atoms with Crippen LogP contribution < -0.4 is 9.80 Å². The Balaban J connectivity index is 1.37. The zero-order valence-corrected chi connectivity index (χ0v) is 32.5. The first-order chi connectivity index (χ1) is 27.2. The third-order valence-electron chi connectivity index (χ3n) is 10.5. The van der Waals surface area contributed by atoms with Crippen molar-refractivity contribution in [3.8, 4) is 0 Å². The summed E-state index contributed by atoms with van der Waals surface area (Å²) in [7, 11) is 0. The number of fused-ring (bicyclic) bond motifs is 3. The topological polar surface area (TPSA) is 57.0 Å². The number of allylic oxidation sites excluding steroid dienone is 3. The van der Waals surface area contributed by atoms with Gasteiger partial charge in [-0.3, -0.25) is 9.80 Å². The van der Waals surface area contributed by atoms with E-state index in [2.05, 4.69) is 112 Å². The summed E-state index contributed by atoms with van der Waals surface area (Å²) >= 11 is 0. The molecule has 0 fully saturated rings. The molecule has 0 spiro atoms. The average molecular weight is 727 g/mol. The lowest BCUT2D eigenvalue weighted by Crippen LogP contribution is -2.24. The molecule has 2 heterocycles. The van der Waals surface area contributed by atoms with Gasteiger partial charge in [-0.1, -0.05) is 108 Å². The summed E-state index contributed by atoms with van der Waals surface area (Å²) in [6.45, 7) is 13.1. The number of hydrogen-bond donors (Lipinski definition) is 0. The normalized spacial score (nSPS) is 14.9. The predicted octanol–water partition coefficient (Wildman–Crippen LogP) is 12.5. The van der Waals surface area contributed by atoms with Crippen LogP contribution >= 0.6 is 0 Å². The van der Waals surface area contributed by atoms with Gasteiger partial charge in [0.1, 0.15) is 5.82 Å². The Bertz CT molecular complexity index is 2580. The maximum absolute atomic E-state index is 5.39. The van der Waals surface area contributed by atoms with Crippen molar-refractivity contribution >= 4 is 56.8 Å². The minimum absolute atomic E-state index is 0.786. The molecule has 0 saturated carbocycles. The summed E-state index contributed by atoms with van der Waals surface area (Å²) in [4.78, 5) is 26.0. The van der Waals surface area contributed by atoms with Gasteiger partial charge >= 0.3 is 0 Å². The van der Waals surface area contributed by atoms with Gasteiger partial charge in [0.25, 0.3) is 0 Å². The van der Waals surface area contributed by atoms with Crippen LogP contribution in [0.1, 0.15) is 44.5 Å². The number of anilines is 4. The highest BCUT2D eigenvalue weighted by molar-refractivity contribution is 6.43. The lowest BCUT2D eigenvalue weighted by Gasteiger charge is -2.29. The number of para-hydroxylation sites is 4. The summed E-state index contributed by atoms with van der Waals surface area (Å²) in [6, 6.07) is 45.9. The van der Waals surface area contributed by atoms with Crippen LogP contribution in [0.15, 0.2) is 167 Å². The summed E-state index contributed by atoms with van der Waals surface area (Å²) < 4.78 is 0. The molecule has 0 saturated heterocycles. The number of aliphatic imine (C=N–C) groups is 2. The summed E-state index contributed by atoms with van der Waals surface area (Å²) in [5.74, 6) is 2.49. The first kappa shape index (κ1) is 34.8. The second-order valence-corrected chi connectivity index (χ2v) is 14.8.